The number of hydrogen-bond acceptors (Lipinski definition) is 3. The lowest BCUT2D eigenvalue weighted by atomic mass is 10.1. The average molecular weight is 196 g/mol. The molecule has 3 aromatic heterocycles. The molecule has 0 spiro atoms. The van der Waals surface area contributed by atoms with Gasteiger partial charge in [-0.15, -0.1) is 0 Å². The third kappa shape index (κ3) is 1.27. The van der Waals surface area contributed by atoms with Gasteiger partial charge in [0.25, 0.3) is 0 Å². The van der Waals surface area contributed by atoms with E-state index in [1.165, 1.54) is 0 Å². The zero-order valence-corrected chi connectivity index (χ0v) is 7.88. The first-order chi connectivity index (χ1) is 7.45. The van der Waals surface area contributed by atoms with E-state index < -0.39 is 0 Å². The summed E-state index contributed by atoms with van der Waals surface area (Å²) in [6.07, 6.45) is 5.30. The van der Waals surface area contributed by atoms with Crippen LogP contribution >= 0.6 is 0 Å². The van der Waals surface area contributed by atoms with E-state index in [9.17, 15) is 0 Å². The fourth-order valence-corrected chi connectivity index (χ4v) is 1.60. The van der Waals surface area contributed by atoms with Crippen molar-refractivity contribution in [2.24, 2.45) is 0 Å². The number of nitrogens with zero attached hydrogens (tertiary/aromatic N) is 3. The fourth-order valence-electron chi connectivity index (χ4n) is 1.60. The van der Waals surface area contributed by atoms with Gasteiger partial charge in [-0.05, 0) is 18.2 Å². The molecule has 0 aliphatic rings. The van der Waals surface area contributed by atoms with Gasteiger partial charge in [0.05, 0.1) is 11.9 Å². The second kappa shape index (κ2) is 3.16. The third-order valence-electron chi connectivity index (χ3n) is 2.30. The Morgan fingerprint density at radius 1 is 1.00 bits per heavy atom. The normalized spacial score (nSPS) is 10.7. The Hall–Kier alpha value is -2.23. The smallest absolute Gasteiger partial charge is 0.155 e. The quantitative estimate of drug-likeness (QED) is 0.647. The Labute approximate surface area is 86.0 Å². The Balaban J connectivity index is 2.31. The fraction of sp³-hybridized carbons (Fsp3) is 0. The minimum atomic E-state index is 0.790. The Kier molecular flexibility index (Phi) is 1.71. The molecule has 0 saturated heterocycles. The number of H-pyrrole nitrogens is 1. The standard InChI is InChI=1S/C11H8N4/c1-2-5-12-10(3-1)8-4-6-13-11-9(8)7-14-15-11/h1-7H,(H,13,14,15). The van der Waals surface area contributed by atoms with Crippen molar-refractivity contribution in [2.75, 3.05) is 0 Å². The lowest BCUT2D eigenvalue weighted by Gasteiger charge is -2.00. The number of fused-ring (bicyclic) bond motifs is 1. The monoisotopic (exact) mass is 196 g/mol. The average Bonchev–Trinajstić information content (AvgIpc) is 2.78. The van der Waals surface area contributed by atoms with Gasteiger partial charge in [-0.2, -0.15) is 5.10 Å². The van der Waals surface area contributed by atoms with Crippen molar-refractivity contribution < 1.29 is 0 Å². The van der Waals surface area contributed by atoms with Crippen LogP contribution in [0.2, 0.25) is 0 Å². The molecule has 3 heterocycles. The first-order valence-corrected chi connectivity index (χ1v) is 4.64. The van der Waals surface area contributed by atoms with Crippen molar-refractivity contribution in [3.63, 3.8) is 0 Å². The summed E-state index contributed by atoms with van der Waals surface area (Å²) in [6, 6.07) is 7.79. The largest absolute Gasteiger partial charge is 0.261 e. The summed E-state index contributed by atoms with van der Waals surface area (Å²) in [7, 11) is 0. The van der Waals surface area contributed by atoms with E-state index in [0.717, 1.165) is 22.3 Å². The van der Waals surface area contributed by atoms with Crippen molar-refractivity contribution in [3.8, 4) is 11.3 Å². The molecule has 0 bridgehead atoms. The number of pyridine rings is 2. The van der Waals surface area contributed by atoms with Gasteiger partial charge in [0.15, 0.2) is 5.65 Å². The van der Waals surface area contributed by atoms with Crippen LogP contribution < -0.4 is 0 Å². The van der Waals surface area contributed by atoms with Crippen LogP contribution in [0.4, 0.5) is 0 Å². The first-order valence-electron chi connectivity index (χ1n) is 4.64. The Bertz CT molecular complexity index is 586. The minimum absolute atomic E-state index is 0.790. The molecular weight excluding hydrogens is 188 g/mol. The number of rotatable bonds is 1. The van der Waals surface area contributed by atoms with Gasteiger partial charge >= 0.3 is 0 Å². The van der Waals surface area contributed by atoms with E-state index in [1.807, 2.05) is 24.3 Å². The van der Waals surface area contributed by atoms with Crippen molar-refractivity contribution in [2.45, 2.75) is 0 Å². The zero-order chi connectivity index (χ0) is 10.1. The molecule has 0 aliphatic carbocycles. The van der Waals surface area contributed by atoms with Crippen molar-refractivity contribution >= 4 is 11.0 Å². The maximum Gasteiger partial charge on any atom is 0.155 e. The molecule has 0 radical (unpaired) electrons. The second-order valence-corrected chi connectivity index (χ2v) is 3.21. The highest BCUT2D eigenvalue weighted by Gasteiger charge is 2.05. The van der Waals surface area contributed by atoms with Crippen LogP contribution in [0.5, 0.6) is 0 Å². The number of nitrogens with one attached hydrogen (secondary N) is 1. The molecule has 0 fully saturated rings. The molecule has 15 heavy (non-hydrogen) atoms. The molecule has 72 valence electrons. The molecule has 0 aliphatic heterocycles. The summed E-state index contributed by atoms with van der Waals surface area (Å²) in [5, 5.41) is 7.81. The van der Waals surface area contributed by atoms with E-state index in [0.29, 0.717) is 0 Å². The molecule has 0 atom stereocenters. The van der Waals surface area contributed by atoms with Crippen LogP contribution in [-0.4, -0.2) is 20.2 Å². The van der Waals surface area contributed by atoms with Crippen LogP contribution in [0.25, 0.3) is 22.3 Å². The van der Waals surface area contributed by atoms with Gasteiger partial charge in [-0.3, -0.25) is 10.1 Å². The molecule has 0 aromatic carbocycles. The summed E-state index contributed by atoms with van der Waals surface area (Å²) >= 11 is 0. The van der Waals surface area contributed by atoms with Crippen LogP contribution in [0.3, 0.4) is 0 Å². The summed E-state index contributed by atoms with van der Waals surface area (Å²) in [5.41, 5.74) is 2.78. The van der Waals surface area contributed by atoms with Gasteiger partial charge in [-0.1, -0.05) is 6.07 Å². The molecule has 4 heteroatoms. The van der Waals surface area contributed by atoms with Crippen molar-refractivity contribution in [3.05, 3.63) is 42.9 Å². The summed E-state index contributed by atoms with van der Waals surface area (Å²) in [6.45, 7) is 0. The van der Waals surface area contributed by atoms with Gasteiger partial charge in [0, 0.05) is 23.3 Å². The van der Waals surface area contributed by atoms with E-state index in [2.05, 4.69) is 20.2 Å². The lowest BCUT2D eigenvalue weighted by Crippen LogP contribution is -1.84. The second-order valence-electron chi connectivity index (χ2n) is 3.21. The lowest BCUT2D eigenvalue weighted by molar-refractivity contribution is 1.10. The number of aromatic nitrogens is 4. The highest BCUT2D eigenvalue weighted by Crippen LogP contribution is 2.23. The minimum Gasteiger partial charge on any atom is -0.261 e. The molecule has 4 nitrogen and oxygen atoms in total. The van der Waals surface area contributed by atoms with Gasteiger partial charge < -0.3 is 0 Å². The summed E-state index contributed by atoms with van der Waals surface area (Å²) in [4.78, 5) is 8.49. The number of aromatic amines is 1. The van der Waals surface area contributed by atoms with Crippen LogP contribution in [0, 0.1) is 0 Å². The van der Waals surface area contributed by atoms with Gasteiger partial charge in [-0.25, -0.2) is 4.98 Å². The van der Waals surface area contributed by atoms with Gasteiger partial charge in [0.1, 0.15) is 0 Å². The molecule has 0 unspecified atom stereocenters. The SMILES string of the molecule is c1ccc(-c2ccnc3[nH]ncc23)nc1. The van der Waals surface area contributed by atoms with E-state index >= 15 is 0 Å². The molecule has 0 amide bonds. The van der Waals surface area contributed by atoms with Crippen molar-refractivity contribution in [1.29, 1.82) is 0 Å². The predicted molar refractivity (Wildman–Crippen MR) is 57.1 cm³/mol. The van der Waals surface area contributed by atoms with E-state index in [1.54, 1.807) is 18.6 Å². The van der Waals surface area contributed by atoms with Crippen molar-refractivity contribution in [1.82, 2.24) is 20.2 Å². The zero-order valence-electron chi connectivity index (χ0n) is 7.88. The first kappa shape index (κ1) is 8.11. The van der Waals surface area contributed by atoms with E-state index in [-0.39, 0.29) is 0 Å². The number of hydrogen-bond donors (Lipinski definition) is 1. The maximum absolute atomic E-state index is 4.31. The Morgan fingerprint density at radius 3 is 2.87 bits per heavy atom. The van der Waals surface area contributed by atoms with E-state index in [4.69, 9.17) is 0 Å². The topological polar surface area (TPSA) is 54.5 Å². The molecular formula is C11H8N4. The van der Waals surface area contributed by atoms with Crippen LogP contribution in [0.15, 0.2) is 42.9 Å². The van der Waals surface area contributed by atoms with Crippen LogP contribution in [0.1, 0.15) is 0 Å². The highest BCUT2D eigenvalue weighted by molar-refractivity contribution is 5.90. The summed E-state index contributed by atoms with van der Waals surface area (Å²) in [5.74, 6) is 0. The van der Waals surface area contributed by atoms with Gasteiger partial charge in [0.2, 0.25) is 0 Å². The maximum atomic E-state index is 4.31. The highest BCUT2D eigenvalue weighted by atomic mass is 15.1. The molecule has 1 N–H and O–H groups in total. The molecule has 3 rings (SSSR count). The van der Waals surface area contributed by atoms with Crippen LogP contribution in [-0.2, 0) is 0 Å². The third-order valence-corrected chi connectivity index (χ3v) is 2.30. The Morgan fingerprint density at radius 2 is 2.00 bits per heavy atom. The predicted octanol–water partition coefficient (Wildman–Crippen LogP) is 2.02. The molecule has 3 aromatic rings. The molecule has 0 saturated carbocycles. The summed E-state index contributed by atoms with van der Waals surface area (Å²) < 4.78 is 0.